The number of aromatic nitrogens is 3. The minimum absolute atomic E-state index is 0.224. The number of halogens is 3. The third-order valence-electron chi connectivity index (χ3n) is 4.36. The van der Waals surface area contributed by atoms with E-state index in [1.165, 1.54) is 4.52 Å². The number of nitrogens with one attached hydrogen (secondary N) is 1. The summed E-state index contributed by atoms with van der Waals surface area (Å²) < 4.78 is 28.3. The van der Waals surface area contributed by atoms with Crippen molar-refractivity contribution in [3.05, 3.63) is 29.7 Å². The molecule has 2 N–H and O–H groups in total. The van der Waals surface area contributed by atoms with Gasteiger partial charge in [-0.1, -0.05) is 0 Å². The van der Waals surface area contributed by atoms with E-state index >= 15 is 0 Å². The Morgan fingerprint density at radius 1 is 1.46 bits per heavy atom. The van der Waals surface area contributed by atoms with Crippen molar-refractivity contribution in [1.82, 2.24) is 19.9 Å². The van der Waals surface area contributed by atoms with Crippen LogP contribution < -0.4 is 5.32 Å². The fraction of sp³-hybridized carbons (Fsp3) is 0.533. The number of hydrogen-bond acceptors (Lipinski definition) is 3. The molecule has 130 valence electrons. The molecule has 6 nitrogen and oxygen atoms in total. The number of nitrogens with zero attached hydrogens (tertiary/aromatic N) is 3. The van der Waals surface area contributed by atoms with Crippen molar-refractivity contribution in [3.8, 4) is 0 Å². The van der Waals surface area contributed by atoms with Crippen LogP contribution in [0.2, 0.25) is 0 Å². The average molecular weight is 359 g/mol. The highest BCUT2D eigenvalue weighted by Crippen LogP contribution is 2.41. The Labute approximate surface area is 141 Å². The topological polar surface area (TPSA) is 79.5 Å². The lowest BCUT2D eigenvalue weighted by atomic mass is 9.81. The Bertz CT molecular complexity index is 742. The van der Waals surface area contributed by atoms with Crippen molar-refractivity contribution in [1.29, 1.82) is 0 Å². The maximum Gasteiger partial charge on any atom is 0.405 e. The fourth-order valence-electron chi connectivity index (χ4n) is 3.12. The van der Waals surface area contributed by atoms with Gasteiger partial charge in [0.25, 0.3) is 0 Å². The van der Waals surface area contributed by atoms with Gasteiger partial charge < -0.3 is 10.4 Å². The predicted molar refractivity (Wildman–Crippen MR) is 83.4 cm³/mol. The van der Waals surface area contributed by atoms with Gasteiger partial charge in [0.2, 0.25) is 5.92 Å². The van der Waals surface area contributed by atoms with Crippen molar-refractivity contribution < 1.29 is 18.7 Å². The SMILES string of the molecule is O=C(O)NC(c1cn2nc(CCl)ccc2n1)C1CCC(F)(F)CC1. The third kappa shape index (κ3) is 3.58. The van der Waals surface area contributed by atoms with Gasteiger partial charge in [0.05, 0.1) is 29.5 Å². The molecular formula is C15H17ClF2N4O2. The largest absolute Gasteiger partial charge is 0.465 e. The Balaban J connectivity index is 1.89. The van der Waals surface area contributed by atoms with Gasteiger partial charge in [-0.2, -0.15) is 5.10 Å². The van der Waals surface area contributed by atoms with E-state index in [-0.39, 0.29) is 37.5 Å². The van der Waals surface area contributed by atoms with E-state index in [1.807, 2.05) is 0 Å². The summed E-state index contributed by atoms with van der Waals surface area (Å²) in [6, 6.07) is 2.83. The van der Waals surface area contributed by atoms with Gasteiger partial charge in [-0.25, -0.2) is 23.1 Å². The molecule has 0 radical (unpaired) electrons. The van der Waals surface area contributed by atoms with Crippen LogP contribution in [-0.2, 0) is 5.88 Å². The zero-order valence-corrected chi connectivity index (χ0v) is 13.5. The first-order valence-corrected chi connectivity index (χ1v) is 8.20. The Morgan fingerprint density at radius 2 is 2.17 bits per heavy atom. The number of carboxylic acid groups (broad SMARTS) is 1. The molecule has 2 aromatic heterocycles. The first-order valence-electron chi connectivity index (χ1n) is 7.66. The van der Waals surface area contributed by atoms with Gasteiger partial charge in [0.1, 0.15) is 0 Å². The van der Waals surface area contributed by atoms with Crippen LogP contribution in [0.3, 0.4) is 0 Å². The summed E-state index contributed by atoms with van der Waals surface area (Å²) in [5.41, 5.74) is 1.69. The molecule has 0 saturated heterocycles. The summed E-state index contributed by atoms with van der Waals surface area (Å²) in [6.07, 6.45) is 0.426. The highest BCUT2D eigenvalue weighted by molar-refractivity contribution is 6.16. The number of hydrogen-bond donors (Lipinski definition) is 2. The first-order chi connectivity index (χ1) is 11.4. The summed E-state index contributed by atoms with van der Waals surface area (Å²) >= 11 is 5.76. The fourth-order valence-corrected chi connectivity index (χ4v) is 3.27. The van der Waals surface area contributed by atoms with Crippen LogP contribution in [0.5, 0.6) is 0 Å². The molecule has 1 aliphatic rings. The van der Waals surface area contributed by atoms with Crippen molar-refractivity contribution in [3.63, 3.8) is 0 Å². The molecule has 24 heavy (non-hydrogen) atoms. The second-order valence-corrected chi connectivity index (χ2v) is 6.31. The lowest BCUT2D eigenvalue weighted by molar-refractivity contribution is -0.0495. The number of fused-ring (bicyclic) bond motifs is 1. The van der Waals surface area contributed by atoms with Crippen molar-refractivity contribution >= 4 is 23.3 Å². The highest BCUT2D eigenvalue weighted by Gasteiger charge is 2.39. The molecule has 1 aliphatic carbocycles. The van der Waals surface area contributed by atoms with Crippen molar-refractivity contribution in [2.45, 2.75) is 43.5 Å². The number of carbonyl (C=O) groups is 1. The molecule has 0 bridgehead atoms. The van der Waals surface area contributed by atoms with Crippen LogP contribution in [0.15, 0.2) is 18.3 Å². The van der Waals surface area contributed by atoms with E-state index in [1.54, 1.807) is 18.3 Å². The zero-order valence-electron chi connectivity index (χ0n) is 12.8. The molecule has 0 aromatic carbocycles. The second-order valence-electron chi connectivity index (χ2n) is 6.05. The number of imidazole rings is 1. The van der Waals surface area contributed by atoms with Gasteiger partial charge in [-0.3, -0.25) is 0 Å². The normalized spacial score (nSPS) is 19.3. The molecule has 1 fully saturated rings. The summed E-state index contributed by atoms with van der Waals surface area (Å²) in [4.78, 5) is 15.5. The molecule has 3 rings (SSSR count). The van der Waals surface area contributed by atoms with Gasteiger partial charge in [-0.05, 0) is 30.9 Å². The third-order valence-corrected chi connectivity index (χ3v) is 4.64. The lowest BCUT2D eigenvalue weighted by Crippen LogP contribution is -2.36. The quantitative estimate of drug-likeness (QED) is 0.818. The maximum atomic E-state index is 13.4. The smallest absolute Gasteiger partial charge is 0.405 e. The molecule has 1 unspecified atom stereocenters. The van der Waals surface area contributed by atoms with Gasteiger partial charge in [0.15, 0.2) is 5.65 Å². The molecule has 9 heteroatoms. The van der Waals surface area contributed by atoms with Crippen LogP contribution >= 0.6 is 11.6 Å². The van der Waals surface area contributed by atoms with Gasteiger partial charge in [-0.15, -0.1) is 11.6 Å². The molecular weight excluding hydrogens is 342 g/mol. The van der Waals surface area contributed by atoms with E-state index in [2.05, 4.69) is 15.4 Å². The number of rotatable bonds is 4. The van der Waals surface area contributed by atoms with Crippen LogP contribution in [0.4, 0.5) is 13.6 Å². The summed E-state index contributed by atoms with van der Waals surface area (Å²) in [6.45, 7) is 0. The van der Waals surface area contributed by atoms with E-state index in [9.17, 15) is 13.6 Å². The standard InChI is InChI=1S/C15H17ClF2N4O2/c16-7-10-1-2-12-19-11(8-22(12)21-10)13(20-14(23)24)9-3-5-15(17,18)6-4-9/h1-2,8-9,13,20H,3-7H2,(H,23,24). The molecule has 0 aliphatic heterocycles. The number of amides is 1. The predicted octanol–water partition coefficient (Wildman–Crippen LogP) is 3.60. The Hall–Kier alpha value is -1.96. The lowest BCUT2D eigenvalue weighted by Gasteiger charge is -2.32. The maximum absolute atomic E-state index is 13.4. The average Bonchev–Trinajstić information content (AvgIpc) is 2.95. The number of alkyl halides is 3. The van der Waals surface area contributed by atoms with E-state index in [4.69, 9.17) is 16.7 Å². The van der Waals surface area contributed by atoms with Crippen molar-refractivity contribution in [2.24, 2.45) is 5.92 Å². The summed E-state index contributed by atoms with van der Waals surface area (Å²) in [5, 5.41) is 15.8. The van der Waals surface area contributed by atoms with E-state index < -0.39 is 18.1 Å². The minimum Gasteiger partial charge on any atom is -0.465 e. The van der Waals surface area contributed by atoms with Crippen LogP contribution in [0.1, 0.15) is 43.1 Å². The van der Waals surface area contributed by atoms with Gasteiger partial charge in [0, 0.05) is 12.8 Å². The van der Waals surface area contributed by atoms with E-state index in [0.717, 1.165) is 0 Å². The molecule has 1 atom stereocenters. The molecule has 2 heterocycles. The molecule has 1 saturated carbocycles. The Kier molecular flexibility index (Phi) is 4.58. The highest BCUT2D eigenvalue weighted by atomic mass is 35.5. The Morgan fingerprint density at radius 3 is 2.79 bits per heavy atom. The zero-order chi connectivity index (χ0) is 17.3. The van der Waals surface area contributed by atoms with Crippen LogP contribution in [-0.4, -0.2) is 31.7 Å². The first kappa shape index (κ1) is 16.9. The van der Waals surface area contributed by atoms with Crippen LogP contribution in [0, 0.1) is 5.92 Å². The van der Waals surface area contributed by atoms with Crippen molar-refractivity contribution in [2.75, 3.05) is 0 Å². The molecule has 0 spiro atoms. The summed E-state index contributed by atoms with van der Waals surface area (Å²) in [7, 11) is 0. The minimum atomic E-state index is -2.67. The molecule has 2 aromatic rings. The van der Waals surface area contributed by atoms with E-state index in [0.29, 0.717) is 17.0 Å². The van der Waals surface area contributed by atoms with Gasteiger partial charge >= 0.3 is 6.09 Å². The summed E-state index contributed by atoms with van der Waals surface area (Å²) in [5.74, 6) is -2.64. The van der Waals surface area contributed by atoms with Crippen LogP contribution in [0.25, 0.3) is 5.65 Å². The monoisotopic (exact) mass is 358 g/mol. The second kappa shape index (κ2) is 6.51. The molecule has 1 amide bonds.